The molecule has 1 saturated heterocycles. The van der Waals surface area contributed by atoms with E-state index in [4.69, 9.17) is 10.5 Å². The van der Waals surface area contributed by atoms with Gasteiger partial charge in [-0.1, -0.05) is 0 Å². The fourth-order valence-corrected chi connectivity index (χ4v) is 4.29. The van der Waals surface area contributed by atoms with E-state index in [1.807, 2.05) is 6.92 Å². The predicted octanol–water partition coefficient (Wildman–Crippen LogP) is 1.35. The topological polar surface area (TPSA) is 116 Å². The molecule has 0 aromatic heterocycles. The number of nitro benzene ring substituents is 1. The third-order valence-electron chi connectivity index (χ3n) is 4.15. The number of methoxy groups -OCH3 is 1. The van der Waals surface area contributed by atoms with Crippen molar-refractivity contribution in [1.82, 2.24) is 4.31 Å². The van der Waals surface area contributed by atoms with Crippen molar-refractivity contribution in [3.05, 3.63) is 28.3 Å². The minimum absolute atomic E-state index is 0.00901. The van der Waals surface area contributed by atoms with E-state index in [1.165, 1.54) is 23.5 Å². The summed E-state index contributed by atoms with van der Waals surface area (Å²) in [6, 6.07) is 3.51. The molecule has 1 aliphatic heterocycles. The van der Waals surface area contributed by atoms with E-state index in [1.54, 1.807) is 0 Å². The molecule has 8 nitrogen and oxygen atoms in total. The van der Waals surface area contributed by atoms with Crippen molar-refractivity contribution in [2.75, 3.05) is 20.2 Å². The smallest absolute Gasteiger partial charge is 0.310 e. The van der Waals surface area contributed by atoms with Gasteiger partial charge in [-0.3, -0.25) is 10.1 Å². The molecule has 2 unspecified atom stereocenters. The van der Waals surface area contributed by atoms with Crippen molar-refractivity contribution in [3.8, 4) is 5.75 Å². The second-order valence-electron chi connectivity index (χ2n) is 5.72. The standard InChI is InChI=1S/C14H21N3O5S/c1-10(15)11-4-3-7-16(9-11)23(20,21)12-5-6-13(17(18)19)14(8-12)22-2/h5-6,8,10-11H,3-4,7,9,15H2,1-2H3. The number of sulfonamides is 1. The molecule has 1 aromatic rings. The number of ether oxygens (including phenoxy) is 1. The zero-order valence-electron chi connectivity index (χ0n) is 13.1. The number of rotatable bonds is 5. The summed E-state index contributed by atoms with van der Waals surface area (Å²) in [5.74, 6) is 0.0373. The molecule has 1 aromatic carbocycles. The van der Waals surface area contributed by atoms with Gasteiger partial charge in [0.1, 0.15) is 0 Å². The Kier molecular flexibility index (Phi) is 5.23. The number of nitrogens with zero attached hydrogens (tertiary/aromatic N) is 2. The number of piperidine rings is 1. The molecule has 0 bridgehead atoms. The molecule has 2 atom stereocenters. The van der Waals surface area contributed by atoms with Crippen LogP contribution in [0.4, 0.5) is 5.69 Å². The maximum Gasteiger partial charge on any atom is 0.310 e. The van der Waals surface area contributed by atoms with Gasteiger partial charge in [-0.05, 0) is 31.7 Å². The molecular weight excluding hydrogens is 322 g/mol. The van der Waals surface area contributed by atoms with Crippen LogP contribution in [0, 0.1) is 16.0 Å². The number of nitro groups is 1. The molecular formula is C14H21N3O5S. The summed E-state index contributed by atoms with van der Waals surface area (Å²) in [5.41, 5.74) is 5.63. The molecule has 2 N–H and O–H groups in total. The van der Waals surface area contributed by atoms with Gasteiger partial charge in [0.2, 0.25) is 10.0 Å². The third-order valence-corrected chi connectivity index (χ3v) is 6.01. The van der Waals surface area contributed by atoms with Crippen LogP contribution in [0.1, 0.15) is 19.8 Å². The van der Waals surface area contributed by atoms with Gasteiger partial charge in [0.25, 0.3) is 0 Å². The summed E-state index contributed by atoms with van der Waals surface area (Å²) in [4.78, 5) is 10.3. The number of hydrogen-bond donors (Lipinski definition) is 1. The van der Waals surface area contributed by atoms with Crippen LogP contribution in [0.15, 0.2) is 23.1 Å². The molecule has 2 rings (SSSR count). The lowest BCUT2D eigenvalue weighted by Crippen LogP contribution is -2.44. The van der Waals surface area contributed by atoms with Crippen LogP contribution < -0.4 is 10.5 Å². The Bertz CT molecular complexity index is 690. The minimum Gasteiger partial charge on any atom is -0.490 e. The van der Waals surface area contributed by atoms with Gasteiger partial charge in [-0.25, -0.2) is 8.42 Å². The molecule has 0 amide bonds. The van der Waals surface area contributed by atoms with E-state index in [0.717, 1.165) is 18.9 Å². The lowest BCUT2D eigenvalue weighted by Gasteiger charge is -2.33. The summed E-state index contributed by atoms with van der Waals surface area (Å²) in [5, 5.41) is 10.9. The van der Waals surface area contributed by atoms with Crippen LogP contribution in [0.25, 0.3) is 0 Å². The van der Waals surface area contributed by atoms with E-state index in [-0.39, 0.29) is 28.3 Å². The monoisotopic (exact) mass is 343 g/mol. The number of nitrogens with two attached hydrogens (primary N) is 1. The van der Waals surface area contributed by atoms with Gasteiger partial charge < -0.3 is 10.5 Å². The maximum atomic E-state index is 12.8. The Labute approximate surface area is 135 Å². The maximum absolute atomic E-state index is 12.8. The molecule has 23 heavy (non-hydrogen) atoms. The first-order valence-corrected chi connectivity index (χ1v) is 8.79. The fourth-order valence-electron chi connectivity index (χ4n) is 2.74. The van der Waals surface area contributed by atoms with E-state index in [9.17, 15) is 18.5 Å². The van der Waals surface area contributed by atoms with Gasteiger partial charge in [0.05, 0.1) is 16.9 Å². The first kappa shape index (κ1) is 17.6. The molecule has 0 saturated carbocycles. The van der Waals surface area contributed by atoms with Crippen molar-refractivity contribution in [3.63, 3.8) is 0 Å². The van der Waals surface area contributed by atoms with E-state index < -0.39 is 14.9 Å². The van der Waals surface area contributed by atoms with Crippen molar-refractivity contribution < 1.29 is 18.1 Å². The molecule has 0 radical (unpaired) electrons. The van der Waals surface area contributed by atoms with Gasteiger partial charge in [0, 0.05) is 31.3 Å². The van der Waals surface area contributed by atoms with E-state index in [0.29, 0.717) is 13.1 Å². The van der Waals surface area contributed by atoms with Crippen molar-refractivity contribution in [2.45, 2.75) is 30.7 Å². The van der Waals surface area contributed by atoms with Crippen LogP contribution in [-0.4, -0.2) is 43.9 Å². The summed E-state index contributed by atoms with van der Waals surface area (Å²) in [7, 11) is -2.46. The summed E-state index contributed by atoms with van der Waals surface area (Å²) in [6.07, 6.45) is 1.64. The van der Waals surface area contributed by atoms with Crippen LogP contribution in [0.3, 0.4) is 0 Å². The Morgan fingerprint density at radius 1 is 1.48 bits per heavy atom. The summed E-state index contributed by atoms with van der Waals surface area (Å²) >= 11 is 0. The second kappa shape index (κ2) is 6.81. The average Bonchev–Trinajstić information content (AvgIpc) is 2.54. The van der Waals surface area contributed by atoms with Crippen LogP contribution in [0.5, 0.6) is 5.75 Å². The van der Waals surface area contributed by atoms with Gasteiger partial charge in [0.15, 0.2) is 5.75 Å². The largest absolute Gasteiger partial charge is 0.490 e. The number of hydrogen-bond acceptors (Lipinski definition) is 6. The predicted molar refractivity (Wildman–Crippen MR) is 84.8 cm³/mol. The molecule has 9 heteroatoms. The van der Waals surface area contributed by atoms with Crippen LogP contribution in [0.2, 0.25) is 0 Å². The van der Waals surface area contributed by atoms with Gasteiger partial charge in [-0.2, -0.15) is 4.31 Å². The Balaban J connectivity index is 2.34. The lowest BCUT2D eigenvalue weighted by molar-refractivity contribution is -0.385. The average molecular weight is 343 g/mol. The lowest BCUT2D eigenvalue weighted by atomic mass is 9.93. The molecule has 1 heterocycles. The van der Waals surface area contributed by atoms with Crippen molar-refractivity contribution in [1.29, 1.82) is 0 Å². The molecule has 128 valence electrons. The molecule has 0 spiro atoms. The van der Waals surface area contributed by atoms with Crippen molar-refractivity contribution >= 4 is 15.7 Å². The molecule has 1 aliphatic rings. The highest BCUT2D eigenvalue weighted by molar-refractivity contribution is 7.89. The quantitative estimate of drug-likeness (QED) is 0.637. The zero-order valence-corrected chi connectivity index (χ0v) is 14.0. The summed E-state index contributed by atoms with van der Waals surface area (Å²) < 4.78 is 31.9. The first-order valence-electron chi connectivity index (χ1n) is 7.35. The van der Waals surface area contributed by atoms with E-state index >= 15 is 0 Å². The SMILES string of the molecule is COc1cc(S(=O)(=O)N2CCCC(C(C)N)C2)ccc1[N+](=O)[O-]. The zero-order chi connectivity index (χ0) is 17.2. The Morgan fingerprint density at radius 2 is 2.17 bits per heavy atom. The highest BCUT2D eigenvalue weighted by Gasteiger charge is 2.32. The summed E-state index contributed by atoms with van der Waals surface area (Å²) in [6.45, 7) is 2.65. The highest BCUT2D eigenvalue weighted by atomic mass is 32.2. The Morgan fingerprint density at radius 3 is 2.74 bits per heavy atom. The van der Waals surface area contributed by atoms with E-state index in [2.05, 4.69) is 0 Å². The molecule has 0 aliphatic carbocycles. The minimum atomic E-state index is -3.73. The highest BCUT2D eigenvalue weighted by Crippen LogP contribution is 2.32. The normalized spacial score (nSPS) is 20.9. The third kappa shape index (κ3) is 3.62. The van der Waals surface area contributed by atoms with Gasteiger partial charge in [-0.15, -0.1) is 0 Å². The van der Waals surface area contributed by atoms with Crippen LogP contribution >= 0.6 is 0 Å². The van der Waals surface area contributed by atoms with Crippen molar-refractivity contribution in [2.24, 2.45) is 11.7 Å². The first-order chi connectivity index (χ1) is 10.8. The van der Waals surface area contributed by atoms with Gasteiger partial charge >= 0.3 is 5.69 Å². The van der Waals surface area contributed by atoms with Crippen LogP contribution in [-0.2, 0) is 10.0 Å². The second-order valence-corrected chi connectivity index (χ2v) is 7.65. The molecule has 1 fully saturated rings. The number of benzene rings is 1. The fraction of sp³-hybridized carbons (Fsp3) is 0.571. The Hall–Kier alpha value is -1.71.